The summed E-state index contributed by atoms with van der Waals surface area (Å²) in [5, 5.41) is 3.11. The molecule has 1 aliphatic carbocycles. The highest BCUT2D eigenvalue weighted by Crippen LogP contribution is 2.31. The van der Waals surface area contributed by atoms with Crippen molar-refractivity contribution in [3.63, 3.8) is 0 Å². The maximum absolute atomic E-state index is 4.07. The average Bonchev–Trinajstić information content (AvgIpc) is 2.68. The van der Waals surface area contributed by atoms with Gasteiger partial charge < -0.3 is 9.88 Å². The third-order valence-electron chi connectivity index (χ3n) is 2.12. The zero-order valence-corrected chi connectivity index (χ0v) is 6.75. The Hall–Kier alpha value is -0.990. The van der Waals surface area contributed by atoms with Gasteiger partial charge in [-0.05, 0) is 18.8 Å². The van der Waals surface area contributed by atoms with Gasteiger partial charge in [0.05, 0.1) is 12.5 Å². The standard InChI is InChI=1S/C8H13N3/c1-9-8-4-10-6-11(8)5-7-2-3-7/h4,6-7,9H,2-3,5H2,1H3. The Bertz CT molecular complexity index is 237. The molecule has 1 heterocycles. The predicted octanol–water partition coefficient (Wildman–Crippen LogP) is 1.33. The molecule has 0 spiro atoms. The normalized spacial score (nSPS) is 16.8. The monoisotopic (exact) mass is 151 g/mol. The van der Waals surface area contributed by atoms with Gasteiger partial charge >= 0.3 is 0 Å². The second-order valence-electron chi connectivity index (χ2n) is 3.12. The molecule has 11 heavy (non-hydrogen) atoms. The van der Waals surface area contributed by atoms with E-state index in [4.69, 9.17) is 0 Å². The van der Waals surface area contributed by atoms with E-state index < -0.39 is 0 Å². The molecule has 60 valence electrons. The van der Waals surface area contributed by atoms with E-state index >= 15 is 0 Å². The number of nitrogens with zero attached hydrogens (tertiary/aromatic N) is 2. The lowest BCUT2D eigenvalue weighted by Gasteiger charge is -2.04. The van der Waals surface area contributed by atoms with Crippen molar-refractivity contribution in [1.29, 1.82) is 0 Å². The van der Waals surface area contributed by atoms with Crippen molar-refractivity contribution >= 4 is 5.82 Å². The molecule has 0 saturated heterocycles. The molecule has 0 bridgehead atoms. The summed E-state index contributed by atoms with van der Waals surface area (Å²) in [6.45, 7) is 1.14. The van der Waals surface area contributed by atoms with E-state index in [-0.39, 0.29) is 0 Å². The summed E-state index contributed by atoms with van der Waals surface area (Å²) in [7, 11) is 1.93. The summed E-state index contributed by atoms with van der Waals surface area (Å²) in [6.07, 6.45) is 6.54. The van der Waals surface area contributed by atoms with Gasteiger partial charge in [0.25, 0.3) is 0 Å². The summed E-state index contributed by atoms with van der Waals surface area (Å²) in [6, 6.07) is 0. The Morgan fingerprint density at radius 3 is 3.18 bits per heavy atom. The molecule has 3 heteroatoms. The number of hydrogen-bond acceptors (Lipinski definition) is 2. The van der Waals surface area contributed by atoms with Crippen LogP contribution in [0.2, 0.25) is 0 Å². The molecule has 0 aliphatic heterocycles. The van der Waals surface area contributed by atoms with Crippen LogP contribution in [-0.2, 0) is 6.54 Å². The Labute approximate surface area is 66.4 Å². The molecule has 1 aliphatic rings. The first-order chi connectivity index (χ1) is 5.40. The zero-order valence-electron chi connectivity index (χ0n) is 6.75. The van der Waals surface area contributed by atoms with Crippen LogP contribution in [0, 0.1) is 5.92 Å². The Morgan fingerprint density at radius 1 is 1.73 bits per heavy atom. The largest absolute Gasteiger partial charge is 0.373 e. The van der Waals surface area contributed by atoms with Crippen LogP contribution in [0.25, 0.3) is 0 Å². The van der Waals surface area contributed by atoms with Crippen LogP contribution >= 0.6 is 0 Å². The van der Waals surface area contributed by atoms with Crippen LogP contribution in [0.1, 0.15) is 12.8 Å². The fraction of sp³-hybridized carbons (Fsp3) is 0.625. The Kier molecular flexibility index (Phi) is 1.56. The molecular weight excluding hydrogens is 138 g/mol. The van der Waals surface area contributed by atoms with Gasteiger partial charge in [0.1, 0.15) is 5.82 Å². The van der Waals surface area contributed by atoms with Gasteiger partial charge in [-0.15, -0.1) is 0 Å². The lowest BCUT2D eigenvalue weighted by Crippen LogP contribution is -2.02. The van der Waals surface area contributed by atoms with E-state index in [1.54, 1.807) is 0 Å². The van der Waals surface area contributed by atoms with Crippen molar-refractivity contribution in [3.8, 4) is 0 Å². The van der Waals surface area contributed by atoms with Crippen LogP contribution in [0.4, 0.5) is 5.82 Å². The highest BCUT2D eigenvalue weighted by atomic mass is 15.1. The number of aromatic nitrogens is 2. The van der Waals surface area contributed by atoms with E-state index in [2.05, 4.69) is 14.9 Å². The van der Waals surface area contributed by atoms with Crippen molar-refractivity contribution in [1.82, 2.24) is 9.55 Å². The molecule has 0 aromatic carbocycles. The van der Waals surface area contributed by atoms with Crippen LogP contribution in [0.3, 0.4) is 0 Å². The molecular formula is C8H13N3. The van der Waals surface area contributed by atoms with Crippen LogP contribution < -0.4 is 5.32 Å². The van der Waals surface area contributed by atoms with E-state index in [0.717, 1.165) is 18.3 Å². The molecule has 1 N–H and O–H groups in total. The van der Waals surface area contributed by atoms with Crippen molar-refractivity contribution in [3.05, 3.63) is 12.5 Å². The zero-order chi connectivity index (χ0) is 7.68. The Balaban J connectivity index is 2.07. The number of rotatable bonds is 3. The van der Waals surface area contributed by atoms with Crippen LogP contribution in [0.5, 0.6) is 0 Å². The van der Waals surface area contributed by atoms with Crippen LogP contribution in [-0.4, -0.2) is 16.6 Å². The average molecular weight is 151 g/mol. The molecule has 1 aromatic rings. The van der Waals surface area contributed by atoms with E-state index in [1.807, 2.05) is 19.6 Å². The fourth-order valence-corrected chi connectivity index (χ4v) is 1.25. The van der Waals surface area contributed by atoms with Gasteiger partial charge in [-0.2, -0.15) is 0 Å². The summed E-state index contributed by atoms with van der Waals surface area (Å²) in [4.78, 5) is 4.07. The van der Waals surface area contributed by atoms with E-state index in [1.165, 1.54) is 12.8 Å². The minimum Gasteiger partial charge on any atom is -0.373 e. The number of anilines is 1. The summed E-state index contributed by atoms with van der Waals surface area (Å²) in [5.74, 6) is 2.04. The molecule has 0 radical (unpaired) electrons. The van der Waals surface area contributed by atoms with Gasteiger partial charge in [0, 0.05) is 13.6 Å². The molecule has 0 atom stereocenters. The predicted molar refractivity (Wildman–Crippen MR) is 44.5 cm³/mol. The first-order valence-corrected chi connectivity index (χ1v) is 4.08. The quantitative estimate of drug-likeness (QED) is 0.706. The van der Waals surface area contributed by atoms with Crippen molar-refractivity contribution in [2.24, 2.45) is 5.92 Å². The molecule has 0 amide bonds. The van der Waals surface area contributed by atoms with Gasteiger partial charge in [0.2, 0.25) is 0 Å². The highest BCUT2D eigenvalue weighted by Gasteiger charge is 2.22. The molecule has 2 rings (SSSR count). The number of hydrogen-bond donors (Lipinski definition) is 1. The molecule has 1 saturated carbocycles. The van der Waals surface area contributed by atoms with Gasteiger partial charge in [-0.3, -0.25) is 0 Å². The summed E-state index contributed by atoms with van der Waals surface area (Å²) < 4.78 is 2.18. The van der Waals surface area contributed by atoms with Crippen molar-refractivity contribution in [2.45, 2.75) is 19.4 Å². The van der Waals surface area contributed by atoms with Crippen LogP contribution in [0.15, 0.2) is 12.5 Å². The molecule has 1 fully saturated rings. The summed E-state index contributed by atoms with van der Waals surface area (Å²) in [5.41, 5.74) is 0. The lowest BCUT2D eigenvalue weighted by molar-refractivity contribution is 0.631. The number of imidazole rings is 1. The lowest BCUT2D eigenvalue weighted by atomic mass is 10.4. The Morgan fingerprint density at radius 2 is 2.55 bits per heavy atom. The number of nitrogens with one attached hydrogen (secondary N) is 1. The first kappa shape index (κ1) is 6.70. The summed E-state index contributed by atoms with van der Waals surface area (Å²) >= 11 is 0. The third kappa shape index (κ3) is 1.37. The van der Waals surface area contributed by atoms with Gasteiger partial charge in [-0.25, -0.2) is 4.98 Å². The SMILES string of the molecule is CNc1cncn1CC1CC1. The van der Waals surface area contributed by atoms with E-state index in [9.17, 15) is 0 Å². The molecule has 1 aromatic heterocycles. The molecule has 0 unspecified atom stereocenters. The topological polar surface area (TPSA) is 29.9 Å². The van der Waals surface area contributed by atoms with Crippen molar-refractivity contribution < 1.29 is 0 Å². The smallest absolute Gasteiger partial charge is 0.125 e. The third-order valence-corrected chi connectivity index (χ3v) is 2.12. The minimum absolute atomic E-state index is 0.913. The minimum atomic E-state index is 0.913. The second-order valence-corrected chi connectivity index (χ2v) is 3.12. The maximum atomic E-state index is 4.07. The highest BCUT2D eigenvalue weighted by molar-refractivity contribution is 5.31. The van der Waals surface area contributed by atoms with Gasteiger partial charge in [-0.1, -0.05) is 0 Å². The second kappa shape index (κ2) is 2.57. The van der Waals surface area contributed by atoms with Crippen molar-refractivity contribution in [2.75, 3.05) is 12.4 Å². The maximum Gasteiger partial charge on any atom is 0.125 e. The first-order valence-electron chi connectivity index (χ1n) is 4.08. The van der Waals surface area contributed by atoms with E-state index in [0.29, 0.717) is 0 Å². The fourth-order valence-electron chi connectivity index (χ4n) is 1.25. The van der Waals surface area contributed by atoms with Gasteiger partial charge in [0.15, 0.2) is 0 Å². The molecule has 3 nitrogen and oxygen atoms in total.